The topological polar surface area (TPSA) is 54.3 Å². The summed E-state index contributed by atoms with van der Waals surface area (Å²) < 4.78 is 1.72. The number of anilines is 2. The number of amides is 1. The van der Waals surface area contributed by atoms with Crippen molar-refractivity contribution in [2.75, 3.05) is 22.9 Å². The second kappa shape index (κ2) is 6.09. The Morgan fingerprint density at radius 3 is 2.44 bits per heavy atom. The van der Waals surface area contributed by atoms with Crippen molar-refractivity contribution in [3.63, 3.8) is 0 Å². The van der Waals surface area contributed by atoms with Gasteiger partial charge in [0.1, 0.15) is 5.82 Å². The Hall–Kier alpha value is -2.86. The first-order valence-corrected chi connectivity index (χ1v) is 9.33. The standard InChI is InChI=1S/C20H18ClN5O/c1-13-9-24(10-13)18-7-6-17(8-22-18)25-11-14-12-26(23-19(14)20(25)27)16-4-2-15(21)3-5-16/h2-8,12-13H,9-11H2,1H3. The predicted octanol–water partition coefficient (Wildman–Crippen LogP) is 3.54. The number of halogens is 1. The number of benzene rings is 1. The van der Waals surface area contributed by atoms with E-state index in [2.05, 4.69) is 21.9 Å². The highest BCUT2D eigenvalue weighted by molar-refractivity contribution is 6.30. The first-order valence-electron chi connectivity index (χ1n) is 8.96. The molecule has 3 aromatic rings. The lowest BCUT2D eigenvalue weighted by Crippen LogP contribution is -2.45. The molecule has 0 atom stereocenters. The van der Waals surface area contributed by atoms with Crippen molar-refractivity contribution in [3.8, 4) is 5.69 Å². The molecule has 1 amide bonds. The maximum absolute atomic E-state index is 12.8. The van der Waals surface area contributed by atoms with Crippen molar-refractivity contribution in [1.29, 1.82) is 0 Å². The minimum Gasteiger partial charge on any atom is -0.356 e. The van der Waals surface area contributed by atoms with Gasteiger partial charge in [-0.3, -0.25) is 4.79 Å². The molecule has 2 aliphatic rings. The van der Waals surface area contributed by atoms with Gasteiger partial charge in [-0.05, 0) is 42.3 Å². The molecule has 1 saturated heterocycles. The van der Waals surface area contributed by atoms with Gasteiger partial charge in [0.15, 0.2) is 5.69 Å². The number of fused-ring (bicyclic) bond motifs is 1. The number of rotatable bonds is 3. The van der Waals surface area contributed by atoms with Gasteiger partial charge < -0.3 is 9.80 Å². The number of hydrogen-bond acceptors (Lipinski definition) is 4. The molecule has 0 bridgehead atoms. The summed E-state index contributed by atoms with van der Waals surface area (Å²) in [7, 11) is 0. The molecule has 2 aromatic heterocycles. The molecular formula is C20H18ClN5O. The second-order valence-corrected chi connectivity index (χ2v) is 7.64. The van der Waals surface area contributed by atoms with Crippen LogP contribution in [0.5, 0.6) is 0 Å². The third-order valence-electron chi connectivity index (χ3n) is 5.09. The Balaban J connectivity index is 1.36. The predicted molar refractivity (Wildman–Crippen MR) is 105 cm³/mol. The summed E-state index contributed by atoms with van der Waals surface area (Å²) in [6, 6.07) is 11.3. The SMILES string of the molecule is CC1CN(c2ccc(N3Cc4cn(-c5ccc(Cl)cc5)nc4C3=O)cn2)C1. The van der Waals surface area contributed by atoms with Crippen LogP contribution in [0.25, 0.3) is 5.69 Å². The smallest absolute Gasteiger partial charge is 0.279 e. The molecule has 5 rings (SSSR count). The van der Waals surface area contributed by atoms with Gasteiger partial charge >= 0.3 is 0 Å². The van der Waals surface area contributed by atoms with Crippen molar-refractivity contribution < 1.29 is 4.79 Å². The van der Waals surface area contributed by atoms with Gasteiger partial charge in [0, 0.05) is 29.9 Å². The summed E-state index contributed by atoms with van der Waals surface area (Å²) in [5.41, 5.74) is 3.08. The fraction of sp³-hybridized carbons (Fsp3) is 0.250. The lowest BCUT2D eigenvalue weighted by atomic mass is 10.0. The molecule has 0 unspecified atom stereocenters. The van der Waals surface area contributed by atoms with Crippen molar-refractivity contribution in [3.05, 3.63) is 65.1 Å². The monoisotopic (exact) mass is 379 g/mol. The molecule has 0 spiro atoms. The van der Waals surface area contributed by atoms with E-state index in [9.17, 15) is 4.79 Å². The van der Waals surface area contributed by atoms with Gasteiger partial charge in [-0.15, -0.1) is 0 Å². The zero-order valence-corrected chi connectivity index (χ0v) is 15.6. The van der Waals surface area contributed by atoms with Gasteiger partial charge in [0.2, 0.25) is 0 Å². The van der Waals surface area contributed by atoms with Gasteiger partial charge in [0.25, 0.3) is 5.91 Å². The lowest BCUT2D eigenvalue weighted by Gasteiger charge is -2.38. The summed E-state index contributed by atoms with van der Waals surface area (Å²) in [6.45, 7) is 4.82. The lowest BCUT2D eigenvalue weighted by molar-refractivity contribution is 0.0991. The van der Waals surface area contributed by atoms with Crippen LogP contribution < -0.4 is 9.80 Å². The third kappa shape index (κ3) is 2.77. The van der Waals surface area contributed by atoms with Gasteiger partial charge in [0.05, 0.1) is 24.1 Å². The van der Waals surface area contributed by atoms with E-state index in [0.717, 1.165) is 41.8 Å². The van der Waals surface area contributed by atoms with Crippen molar-refractivity contribution in [2.45, 2.75) is 13.5 Å². The van der Waals surface area contributed by atoms with Crippen LogP contribution in [0.15, 0.2) is 48.8 Å². The zero-order chi connectivity index (χ0) is 18.5. The molecule has 27 heavy (non-hydrogen) atoms. The van der Waals surface area contributed by atoms with Crippen LogP contribution in [0, 0.1) is 5.92 Å². The molecule has 0 radical (unpaired) electrons. The van der Waals surface area contributed by atoms with Gasteiger partial charge in [-0.2, -0.15) is 5.10 Å². The van der Waals surface area contributed by atoms with Crippen LogP contribution in [0.3, 0.4) is 0 Å². The number of nitrogens with zero attached hydrogens (tertiary/aromatic N) is 5. The van der Waals surface area contributed by atoms with Crippen LogP contribution in [0.1, 0.15) is 23.0 Å². The van der Waals surface area contributed by atoms with E-state index in [-0.39, 0.29) is 5.91 Å². The van der Waals surface area contributed by atoms with Gasteiger partial charge in [-0.1, -0.05) is 18.5 Å². The first kappa shape index (κ1) is 16.3. The molecule has 0 N–H and O–H groups in total. The zero-order valence-electron chi connectivity index (χ0n) is 14.8. The third-order valence-corrected chi connectivity index (χ3v) is 5.34. The highest BCUT2D eigenvalue weighted by Crippen LogP contribution is 2.30. The average Bonchev–Trinajstić information content (AvgIpc) is 3.20. The Bertz CT molecular complexity index is 1010. The summed E-state index contributed by atoms with van der Waals surface area (Å²) >= 11 is 5.94. The Kier molecular flexibility index (Phi) is 3.68. The number of pyridine rings is 1. The molecule has 1 aromatic carbocycles. The summed E-state index contributed by atoms with van der Waals surface area (Å²) in [6.07, 6.45) is 3.68. The van der Waals surface area contributed by atoms with Crippen LogP contribution in [0.2, 0.25) is 5.02 Å². The van der Waals surface area contributed by atoms with E-state index in [4.69, 9.17) is 11.6 Å². The number of hydrogen-bond donors (Lipinski definition) is 0. The van der Waals surface area contributed by atoms with Gasteiger partial charge in [-0.25, -0.2) is 9.67 Å². The fourth-order valence-electron chi connectivity index (χ4n) is 3.62. The van der Waals surface area contributed by atoms with Crippen LogP contribution in [0.4, 0.5) is 11.5 Å². The Labute approximate surface area is 162 Å². The van der Waals surface area contributed by atoms with E-state index >= 15 is 0 Å². The van der Waals surface area contributed by atoms with E-state index in [1.807, 2.05) is 42.6 Å². The largest absolute Gasteiger partial charge is 0.356 e. The molecule has 136 valence electrons. The molecule has 6 nitrogen and oxygen atoms in total. The van der Waals surface area contributed by atoms with E-state index in [1.54, 1.807) is 15.8 Å². The van der Waals surface area contributed by atoms with E-state index in [1.165, 1.54) is 0 Å². The Morgan fingerprint density at radius 2 is 1.81 bits per heavy atom. The highest BCUT2D eigenvalue weighted by atomic mass is 35.5. The summed E-state index contributed by atoms with van der Waals surface area (Å²) in [5.74, 6) is 1.60. The maximum Gasteiger partial charge on any atom is 0.279 e. The molecule has 7 heteroatoms. The van der Waals surface area contributed by atoms with Crippen LogP contribution in [-0.4, -0.2) is 33.8 Å². The quantitative estimate of drug-likeness (QED) is 0.698. The van der Waals surface area contributed by atoms with Crippen molar-refractivity contribution >= 4 is 29.0 Å². The van der Waals surface area contributed by atoms with Crippen LogP contribution in [-0.2, 0) is 6.54 Å². The molecular weight excluding hydrogens is 362 g/mol. The van der Waals surface area contributed by atoms with Crippen molar-refractivity contribution in [2.24, 2.45) is 5.92 Å². The van der Waals surface area contributed by atoms with E-state index in [0.29, 0.717) is 17.3 Å². The molecule has 0 aliphatic carbocycles. The highest BCUT2D eigenvalue weighted by Gasteiger charge is 2.32. The number of carbonyl (C=O) groups excluding carboxylic acids is 1. The summed E-state index contributed by atoms with van der Waals surface area (Å²) in [4.78, 5) is 21.3. The van der Waals surface area contributed by atoms with E-state index < -0.39 is 0 Å². The molecule has 4 heterocycles. The fourth-order valence-corrected chi connectivity index (χ4v) is 3.75. The normalized spacial score (nSPS) is 16.6. The van der Waals surface area contributed by atoms with Crippen LogP contribution >= 0.6 is 11.6 Å². The first-order chi connectivity index (χ1) is 13.1. The molecule has 1 fully saturated rings. The maximum atomic E-state index is 12.8. The average molecular weight is 380 g/mol. The minimum atomic E-state index is -0.0927. The second-order valence-electron chi connectivity index (χ2n) is 7.20. The molecule has 2 aliphatic heterocycles. The Morgan fingerprint density at radius 1 is 1.07 bits per heavy atom. The minimum absolute atomic E-state index is 0.0927. The molecule has 0 saturated carbocycles. The number of aromatic nitrogens is 3. The number of carbonyl (C=O) groups is 1. The van der Waals surface area contributed by atoms with Crippen molar-refractivity contribution in [1.82, 2.24) is 14.8 Å². The summed E-state index contributed by atoms with van der Waals surface area (Å²) in [5, 5.41) is 5.15.